The molecule has 0 radical (unpaired) electrons. The quantitative estimate of drug-likeness (QED) is 0.812. The van der Waals surface area contributed by atoms with Gasteiger partial charge in [0.15, 0.2) is 0 Å². The van der Waals surface area contributed by atoms with E-state index >= 15 is 0 Å². The highest BCUT2D eigenvalue weighted by atomic mass is 16.5. The second-order valence-corrected chi connectivity index (χ2v) is 5.20. The SMILES string of the molecule is COC(=O)CNc1cccc(COC2CCCCC2)c1. The minimum atomic E-state index is -0.270. The van der Waals surface area contributed by atoms with Gasteiger partial charge in [-0.1, -0.05) is 31.4 Å². The zero-order valence-electron chi connectivity index (χ0n) is 12.1. The highest BCUT2D eigenvalue weighted by molar-refractivity contribution is 5.74. The van der Waals surface area contributed by atoms with Gasteiger partial charge in [0, 0.05) is 5.69 Å². The lowest BCUT2D eigenvalue weighted by molar-refractivity contribution is -0.138. The molecular formula is C16H23NO3. The summed E-state index contributed by atoms with van der Waals surface area (Å²) in [5.41, 5.74) is 2.05. The van der Waals surface area contributed by atoms with Crippen molar-refractivity contribution in [1.29, 1.82) is 0 Å². The predicted octanol–water partition coefficient (Wildman–Crippen LogP) is 3.12. The molecule has 0 aromatic heterocycles. The third kappa shape index (κ3) is 4.85. The van der Waals surface area contributed by atoms with Crippen LogP contribution in [0.2, 0.25) is 0 Å². The van der Waals surface area contributed by atoms with Crippen molar-refractivity contribution in [3.05, 3.63) is 29.8 Å². The number of hydrogen-bond donors (Lipinski definition) is 1. The number of benzene rings is 1. The summed E-state index contributed by atoms with van der Waals surface area (Å²) in [6, 6.07) is 7.98. The maximum Gasteiger partial charge on any atom is 0.325 e. The molecule has 1 aromatic rings. The maximum atomic E-state index is 11.1. The second kappa shape index (κ2) is 7.90. The molecule has 110 valence electrons. The Morgan fingerprint density at radius 3 is 2.85 bits per heavy atom. The van der Waals surface area contributed by atoms with Crippen LogP contribution in [-0.4, -0.2) is 25.7 Å². The van der Waals surface area contributed by atoms with Crippen molar-refractivity contribution < 1.29 is 14.3 Å². The number of esters is 1. The molecule has 1 aliphatic rings. The number of carbonyl (C=O) groups excluding carboxylic acids is 1. The van der Waals surface area contributed by atoms with E-state index in [4.69, 9.17) is 4.74 Å². The second-order valence-electron chi connectivity index (χ2n) is 5.20. The summed E-state index contributed by atoms with van der Waals surface area (Å²) in [5, 5.41) is 3.04. The van der Waals surface area contributed by atoms with Crippen LogP contribution < -0.4 is 5.32 Å². The average molecular weight is 277 g/mol. The average Bonchev–Trinajstić information content (AvgIpc) is 2.52. The first kappa shape index (κ1) is 14.9. The van der Waals surface area contributed by atoms with Gasteiger partial charge >= 0.3 is 5.97 Å². The van der Waals surface area contributed by atoms with Crippen molar-refractivity contribution in [3.8, 4) is 0 Å². The molecule has 1 N–H and O–H groups in total. The van der Waals surface area contributed by atoms with Gasteiger partial charge in [0.2, 0.25) is 0 Å². The first-order chi connectivity index (χ1) is 9.78. The van der Waals surface area contributed by atoms with Crippen LogP contribution in [0.1, 0.15) is 37.7 Å². The normalized spacial score (nSPS) is 15.8. The number of nitrogens with one attached hydrogen (secondary N) is 1. The number of hydrogen-bond acceptors (Lipinski definition) is 4. The topological polar surface area (TPSA) is 47.6 Å². The Morgan fingerprint density at radius 2 is 2.10 bits per heavy atom. The Kier molecular flexibility index (Phi) is 5.87. The van der Waals surface area contributed by atoms with Crippen LogP contribution in [0.5, 0.6) is 0 Å². The van der Waals surface area contributed by atoms with Gasteiger partial charge in [-0.15, -0.1) is 0 Å². The van der Waals surface area contributed by atoms with E-state index < -0.39 is 0 Å². The monoisotopic (exact) mass is 277 g/mol. The molecule has 0 aliphatic heterocycles. The third-order valence-electron chi connectivity index (χ3n) is 3.63. The molecule has 0 bridgehead atoms. The molecule has 0 atom stereocenters. The van der Waals surface area contributed by atoms with Gasteiger partial charge in [-0.05, 0) is 30.5 Å². The number of rotatable bonds is 6. The summed E-state index contributed by atoms with van der Waals surface area (Å²) in [7, 11) is 1.39. The van der Waals surface area contributed by atoms with Crippen molar-refractivity contribution >= 4 is 11.7 Å². The summed E-state index contributed by atoms with van der Waals surface area (Å²) in [4.78, 5) is 11.1. The lowest BCUT2D eigenvalue weighted by Crippen LogP contribution is -2.16. The van der Waals surface area contributed by atoms with E-state index in [1.165, 1.54) is 39.2 Å². The van der Waals surface area contributed by atoms with E-state index in [1.807, 2.05) is 24.3 Å². The predicted molar refractivity (Wildman–Crippen MR) is 78.6 cm³/mol. The largest absolute Gasteiger partial charge is 0.468 e. The van der Waals surface area contributed by atoms with Crippen LogP contribution in [0.3, 0.4) is 0 Å². The molecule has 0 heterocycles. The number of ether oxygens (including phenoxy) is 2. The minimum Gasteiger partial charge on any atom is -0.468 e. The molecule has 1 aromatic carbocycles. The van der Waals surface area contributed by atoms with E-state index in [-0.39, 0.29) is 12.5 Å². The molecule has 4 nitrogen and oxygen atoms in total. The maximum absolute atomic E-state index is 11.1. The Hall–Kier alpha value is -1.55. The molecule has 1 fully saturated rings. The van der Waals surface area contributed by atoms with E-state index in [1.54, 1.807) is 0 Å². The Morgan fingerprint density at radius 1 is 1.30 bits per heavy atom. The van der Waals surface area contributed by atoms with Crippen molar-refractivity contribution in [2.24, 2.45) is 0 Å². The molecule has 4 heteroatoms. The summed E-state index contributed by atoms with van der Waals surface area (Å²) < 4.78 is 10.6. The number of anilines is 1. The molecule has 0 amide bonds. The van der Waals surface area contributed by atoms with Gasteiger partial charge in [-0.2, -0.15) is 0 Å². The third-order valence-corrected chi connectivity index (χ3v) is 3.63. The molecular weight excluding hydrogens is 254 g/mol. The smallest absolute Gasteiger partial charge is 0.325 e. The minimum absolute atomic E-state index is 0.184. The summed E-state index contributed by atoms with van der Waals surface area (Å²) >= 11 is 0. The molecule has 0 unspecified atom stereocenters. The van der Waals surface area contributed by atoms with Gasteiger partial charge in [0.05, 0.1) is 19.8 Å². The number of carbonyl (C=O) groups is 1. The number of methoxy groups -OCH3 is 1. The van der Waals surface area contributed by atoms with Crippen molar-refractivity contribution in [1.82, 2.24) is 0 Å². The highest BCUT2D eigenvalue weighted by Gasteiger charge is 2.13. The fourth-order valence-electron chi connectivity index (χ4n) is 2.46. The van der Waals surface area contributed by atoms with E-state index in [9.17, 15) is 4.79 Å². The standard InChI is InChI=1S/C16H23NO3/c1-19-16(18)11-17-14-7-5-6-13(10-14)12-20-15-8-3-2-4-9-15/h5-7,10,15,17H,2-4,8-9,11-12H2,1H3. The lowest BCUT2D eigenvalue weighted by atomic mass is 9.98. The van der Waals surface area contributed by atoms with Crippen molar-refractivity contribution in [2.75, 3.05) is 19.0 Å². The summed E-state index contributed by atoms with van der Waals surface area (Å²) in [5.74, 6) is -0.270. The summed E-state index contributed by atoms with van der Waals surface area (Å²) in [6.07, 6.45) is 6.68. The van der Waals surface area contributed by atoms with Crippen LogP contribution in [0.4, 0.5) is 5.69 Å². The zero-order chi connectivity index (χ0) is 14.2. The lowest BCUT2D eigenvalue weighted by Gasteiger charge is -2.22. The van der Waals surface area contributed by atoms with E-state index in [0.29, 0.717) is 12.7 Å². The van der Waals surface area contributed by atoms with Crippen LogP contribution in [0.15, 0.2) is 24.3 Å². The fourth-order valence-corrected chi connectivity index (χ4v) is 2.46. The van der Waals surface area contributed by atoms with E-state index in [0.717, 1.165) is 11.3 Å². The molecule has 1 saturated carbocycles. The Bertz CT molecular complexity index is 427. The van der Waals surface area contributed by atoms with Gasteiger partial charge in [0.25, 0.3) is 0 Å². The molecule has 1 aliphatic carbocycles. The van der Waals surface area contributed by atoms with Gasteiger partial charge < -0.3 is 14.8 Å². The molecule has 0 spiro atoms. The zero-order valence-corrected chi connectivity index (χ0v) is 12.1. The first-order valence-electron chi connectivity index (χ1n) is 7.29. The molecule has 20 heavy (non-hydrogen) atoms. The molecule has 2 rings (SSSR count). The van der Waals surface area contributed by atoms with Gasteiger partial charge in [-0.25, -0.2) is 0 Å². The molecule has 0 saturated heterocycles. The van der Waals surface area contributed by atoms with Crippen LogP contribution in [-0.2, 0) is 20.9 Å². The van der Waals surface area contributed by atoms with Crippen molar-refractivity contribution in [3.63, 3.8) is 0 Å². The Balaban J connectivity index is 1.80. The van der Waals surface area contributed by atoms with Crippen molar-refractivity contribution in [2.45, 2.75) is 44.8 Å². The van der Waals surface area contributed by atoms with Gasteiger partial charge in [-0.3, -0.25) is 4.79 Å². The summed E-state index contributed by atoms with van der Waals surface area (Å²) in [6.45, 7) is 0.821. The van der Waals surface area contributed by atoms with E-state index in [2.05, 4.69) is 10.1 Å². The highest BCUT2D eigenvalue weighted by Crippen LogP contribution is 2.21. The van der Waals surface area contributed by atoms with Crippen LogP contribution in [0.25, 0.3) is 0 Å². The first-order valence-corrected chi connectivity index (χ1v) is 7.29. The fraction of sp³-hybridized carbons (Fsp3) is 0.562. The van der Waals surface area contributed by atoms with Gasteiger partial charge in [0.1, 0.15) is 6.54 Å². The van der Waals surface area contributed by atoms with Crippen LogP contribution >= 0.6 is 0 Å². The van der Waals surface area contributed by atoms with Crippen LogP contribution in [0, 0.1) is 0 Å². The Labute approximate surface area is 120 Å².